The number of carbonyl (C=O) groups excluding carboxylic acids is 1. The smallest absolute Gasteiger partial charge is 0.229 e. The van der Waals surface area contributed by atoms with Gasteiger partial charge in [0.1, 0.15) is 10.8 Å². The molecule has 6 heteroatoms. The maximum Gasteiger partial charge on any atom is 0.229 e. The van der Waals surface area contributed by atoms with E-state index in [0.29, 0.717) is 5.13 Å². The highest BCUT2D eigenvalue weighted by atomic mass is 32.1. The van der Waals surface area contributed by atoms with Crippen LogP contribution in [0.1, 0.15) is 37.3 Å². The van der Waals surface area contributed by atoms with Crippen LogP contribution in [-0.2, 0) is 17.6 Å². The standard InChI is InChI=1S/C17H23N3O2S/c1-4-13(5-2)16(21)18-17-20-19-15(23-17)11-8-12-6-9-14(22-3)10-7-12/h6-7,9-10,13H,4-5,8,11H2,1-3H3,(H,18,20,21). The molecule has 0 bridgehead atoms. The Morgan fingerprint density at radius 2 is 1.87 bits per heavy atom. The van der Waals surface area contributed by atoms with E-state index in [1.807, 2.05) is 26.0 Å². The number of anilines is 1. The lowest BCUT2D eigenvalue weighted by Crippen LogP contribution is -2.21. The summed E-state index contributed by atoms with van der Waals surface area (Å²) >= 11 is 1.45. The average Bonchev–Trinajstić information content (AvgIpc) is 3.02. The fraction of sp³-hybridized carbons (Fsp3) is 0.471. The third-order valence-corrected chi connectivity index (χ3v) is 4.74. The van der Waals surface area contributed by atoms with E-state index in [-0.39, 0.29) is 11.8 Å². The van der Waals surface area contributed by atoms with E-state index in [0.717, 1.165) is 36.4 Å². The Balaban J connectivity index is 1.87. The number of rotatable bonds is 8. The molecule has 2 aromatic rings. The van der Waals surface area contributed by atoms with Crippen molar-refractivity contribution >= 4 is 22.4 Å². The second kappa shape index (κ2) is 8.62. The summed E-state index contributed by atoms with van der Waals surface area (Å²) < 4.78 is 5.15. The van der Waals surface area contributed by atoms with Gasteiger partial charge in [-0.3, -0.25) is 4.79 Å². The number of hydrogen-bond donors (Lipinski definition) is 1. The van der Waals surface area contributed by atoms with Crippen LogP contribution >= 0.6 is 11.3 Å². The van der Waals surface area contributed by atoms with Gasteiger partial charge in [0, 0.05) is 12.3 Å². The molecule has 1 aromatic heterocycles. The van der Waals surface area contributed by atoms with Crippen LogP contribution in [0.2, 0.25) is 0 Å². The SMILES string of the molecule is CCC(CC)C(=O)Nc1nnc(CCc2ccc(OC)cc2)s1. The molecule has 0 aliphatic heterocycles. The van der Waals surface area contributed by atoms with Crippen molar-refractivity contribution in [3.8, 4) is 5.75 Å². The van der Waals surface area contributed by atoms with Crippen molar-refractivity contribution in [2.45, 2.75) is 39.5 Å². The van der Waals surface area contributed by atoms with Crippen LogP contribution in [0, 0.1) is 5.92 Å². The Labute approximate surface area is 141 Å². The third kappa shape index (κ3) is 5.03. The summed E-state index contributed by atoms with van der Waals surface area (Å²) in [6.45, 7) is 4.04. The van der Waals surface area contributed by atoms with E-state index >= 15 is 0 Å². The van der Waals surface area contributed by atoms with E-state index in [1.165, 1.54) is 16.9 Å². The number of aromatic nitrogens is 2. The lowest BCUT2D eigenvalue weighted by atomic mass is 10.0. The average molecular weight is 333 g/mol. The van der Waals surface area contributed by atoms with Gasteiger partial charge in [0.15, 0.2) is 0 Å². The number of methoxy groups -OCH3 is 1. The van der Waals surface area contributed by atoms with Gasteiger partial charge < -0.3 is 10.1 Å². The number of carbonyl (C=O) groups is 1. The lowest BCUT2D eigenvalue weighted by molar-refractivity contribution is -0.120. The fourth-order valence-electron chi connectivity index (χ4n) is 2.32. The van der Waals surface area contributed by atoms with E-state index in [4.69, 9.17) is 4.74 Å². The van der Waals surface area contributed by atoms with Crippen LogP contribution in [0.25, 0.3) is 0 Å². The highest BCUT2D eigenvalue weighted by Gasteiger charge is 2.16. The van der Waals surface area contributed by atoms with Crippen LogP contribution in [-0.4, -0.2) is 23.2 Å². The summed E-state index contributed by atoms with van der Waals surface area (Å²) in [6.07, 6.45) is 3.38. The maximum atomic E-state index is 12.0. The Morgan fingerprint density at radius 1 is 1.17 bits per heavy atom. The van der Waals surface area contributed by atoms with E-state index in [2.05, 4.69) is 27.6 Å². The molecule has 0 aliphatic rings. The molecule has 5 nitrogen and oxygen atoms in total. The van der Waals surface area contributed by atoms with Crippen molar-refractivity contribution in [3.05, 3.63) is 34.8 Å². The first-order valence-corrected chi connectivity index (χ1v) is 8.74. The molecule has 2 rings (SSSR count). The highest BCUT2D eigenvalue weighted by molar-refractivity contribution is 7.15. The van der Waals surface area contributed by atoms with Crippen LogP contribution in [0.3, 0.4) is 0 Å². The first kappa shape index (κ1) is 17.4. The molecule has 0 atom stereocenters. The van der Waals surface area contributed by atoms with Gasteiger partial charge >= 0.3 is 0 Å². The first-order valence-electron chi connectivity index (χ1n) is 7.92. The number of amides is 1. The summed E-state index contributed by atoms with van der Waals surface area (Å²) in [7, 11) is 1.66. The molecule has 0 radical (unpaired) electrons. The highest BCUT2D eigenvalue weighted by Crippen LogP contribution is 2.20. The van der Waals surface area contributed by atoms with Crippen LogP contribution in [0.4, 0.5) is 5.13 Å². The zero-order chi connectivity index (χ0) is 16.7. The minimum atomic E-state index is 0.0351. The van der Waals surface area contributed by atoms with Gasteiger partial charge in [-0.05, 0) is 37.0 Å². The van der Waals surface area contributed by atoms with Gasteiger partial charge in [-0.2, -0.15) is 0 Å². The third-order valence-electron chi connectivity index (χ3n) is 3.84. The zero-order valence-corrected chi connectivity index (χ0v) is 14.7. The van der Waals surface area contributed by atoms with Crippen LogP contribution in [0.15, 0.2) is 24.3 Å². The molecule has 23 heavy (non-hydrogen) atoms. The molecule has 0 aliphatic carbocycles. The van der Waals surface area contributed by atoms with Crippen molar-refractivity contribution in [2.75, 3.05) is 12.4 Å². The number of nitrogens with one attached hydrogen (secondary N) is 1. The fourth-order valence-corrected chi connectivity index (χ4v) is 3.06. The number of aryl methyl sites for hydroxylation is 2. The lowest BCUT2D eigenvalue weighted by Gasteiger charge is -2.09. The van der Waals surface area contributed by atoms with Gasteiger partial charge in [0.05, 0.1) is 7.11 Å². The van der Waals surface area contributed by atoms with Crippen LogP contribution < -0.4 is 10.1 Å². The normalized spacial score (nSPS) is 10.8. The monoisotopic (exact) mass is 333 g/mol. The minimum Gasteiger partial charge on any atom is -0.497 e. The summed E-state index contributed by atoms with van der Waals surface area (Å²) in [6, 6.07) is 8.01. The summed E-state index contributed by atoms with van der Waals surface area (Å²) in [5.74, 6) is 0.936. The number of benzene rings is 1. The van der Waals surface area contributed by atoms with Crippen molar-refractivity contribution in [2.24, 2.45) is 5.92 Å². The molecule has 1 heterocycles. The quantitative estimate of drug-likeness (QED) is 0.800. The molecule has 1 N–H and O–H groups in total. The molecule has 0 saturated carbocycles. The second-order valence-electron chi connectivity index (χ2n) is 5.35. The van der Waals surface area contributed by atoms with Crippen molar-refractivity contribution < 1.29 is 9.53 Å². The summed E-state index contributed by atoms with van der Waals surface area (Å²) in [5.41, 5.74) is 1.23. The number of nitrogens with zero attached hydrogens (tertiary/aromatic N) is 2. The van der Waals surface area contributed by atoms with Crippen molar-refractivity contribution in [1.82, 2.24) is 10.2 Å². The molecule has 0 spiro atoms. The molecule has 0 fully saturated rings. The summed E-state index contributed by atoms with van der Waals surface area (Å²) in [5, 5.41) is 12.6. The molecule has 1 aromatic carbocycles. The van der Waals surface area contributed by atoms with Crippen LogP contribution in [0.5, 0.6) is 5.75 Å². The molecular formula is C17H23N3O2S. The predicted molar refractivity (Wildman–Crippen MR) is 93.0 cm³/mol. The zero-order valence-electron chi connectivity index (χ0n) is 13.8. The van der Waals surface area contributed by atoms with Crippen molar-refractivity contribution in [1.29, 1.82) is 0 Å². The largest absolute Gasteiger partial charge is 0.497 e. The van der Waals surface area contributed by atoms with E-state index < -0.39 is 0 Å². The number of ether oxygens (including phenoxy) is 1. The van der Waals surface area contributed by atoms with Gasteiger partial charge in [-0.15, -0.1) is 10.2 Å². The molecular weight excluding hydrogens is 310 g/mol. The second-order valence-corrected chi connectivity index (χ2v) is 6.41. The Hall–Kier alpha value is -1.95. The first-order chi connectivity index (χ1) is 11.2. The minimum absolute atomic E-state index is 0.0351. The number of hydrogen-bond acceptors (Lipinski definition) is 5. The van der Waals surface area contributed by atoms with Crippen molar-refractivity contribution in [3.63, 3.8) is 0 Å². The van der Waals surface area contributed by atoms with Gasteiger partial charge in [0.2, 0.25) is 11.0 Å². The van der Waals surface area contributed by atoms with Gasteiger partial charge in [-0.1, -0.05) is 37.3 Å². The van der Waals surface area contributed by atoms with E-state index in [9.17, 15) is 4.79 Å². The topological polar surface area (TPSA) is 64.1 Å². The predicted octanol–water partition coefficient (Wildman–Crippen LogP) is 3.71. The van der Waals surface area contributed by atoms with E-state index in [1.54, 1.807) is 7.11 Å². The molecule has 1 amide bonds. The van der Waals surface area contributed by atoms with Gasteiger partial charge in [-0.25, -0.2) is 0 Å². The molecule has 124 valence electrons. The van der Waals surface area contributed by atoms with Gasteiger partial charge in [0.25, 0.3) is 0 Å². The Morgan fingerprint density at radius 3 is 2.48 bits per heavy atom. The molecule has 0 unspecified atom stereocenters. The molecule has 0 saturated heterocycles. The Kier molecular flexibility index (Phi) is 6.52. The Bertz CT molecular complexity index is 621. The maximum absolute atomic E-state index is 12.0. The summed E-state index contributed by atoms with van der Waals surface area (Å²) in [4.78, 5) is 12.0.